The third kappa shape index (κ3) is 3.71. The molecule has 7 heavy (non-hydrogen) atoms. The minimum atomic E-state index is -0.365. The Labute approximate surface area is 55.5 Å². The highest BCUT2D eigenvalue weighted by Crippen LogP contribution is 1.85. The second kappa shape index (κ2) is 4.04. The predicted octanol–water partition coefficient (Wildman–Crippen LogP) is 0.580. The van der Waals surface area contributed by atoms with Gasteiger partial charge in [0, 0.05) is 0 Å². The van der Waals surface area contributed by atoms with Gasteiger partial charge >= 0.3 is 5.97 Å². The molecule has 0 spiro atoms. The molecule has 0 saturated carbocycles. The average molecular weight is 213 g/mol. The molecule has 0 aliphatic heterocycles. The Morgan fingerprint density at radius 2 is 2.57 bits per heavy atom. The van der Waals surface area contributed by atoms with Crippen LogP contribution in [0, 0.1) is 0 Å². The SMILES string of the molecule is C=NCC(=O)OI. The molecule has 0 radical (unpaired) electrons. The minimum absolute atomic E-state index is 0.0446. The van der Waals surface area contributed by atoms with Crippen LogP contribution in [0.1, 0.15) is 0 Å². The predicted molar refractivity (Wildman–Crippen MR) is 34.5 cm³/mol. The topological polar surface area (TPSA) is 38.7 Å². The summed E-state index contributed by atoms with van der Waals surface area (Å²) >= 11 is 1.50. The second-order valence-electron chi connectivity index (χ2n) is 0.831. The molecule has 0 aromatic rings. The molecular formula is C3H4INO2. The summed E-state index contributed by atoms with van der Waals surface area (Å²) in [5.74, 6) is -0.365. The quantitative estimate of drug-likeness (QED) is 0.497. The largest absolute Gasteiger partial charge is 0.393 e. The number of rotatable bonds is 2. The van der Waals surface area contributed by atoms with Crippen LogP contribution >= 0.6 is 23.0 Å². The van der Waals surface area contributed by atoms with E-state index in [1.165, 1.54) is 23.0 Å². The summed E-state index contributed by atoms with van der Waals surface area (Å²) < 4.78 is 4.19. The molecule has 0 aromatic carbocycles. The van der Waals surface area contributed by atoms with Gasteiger partial charge in [0.2, 0.25) is 0 Å². The van der Waals surface area contributed by atoms with Crippen LogP contribution in [0.2, 0.25) is 0 Å². The van der Waals surface area contributed by atoms with Gasteiger partial charge < -0.3 is 3.07 Å². The maximum atomic E-state index is 10.0. The van der Waals surface area contributed by atoms with Gasteiger partial charge in [-0.2, -0.15) is 0 Å². The van der Waals surface area contributed by atoms with Crippen molar-refractivity contribution in [2.75, 3.05) is 6.54 Å². The van der Waals surface area contributed by atoms with Gasteiger partial charge in [-0.05, 0) is 6.72 Å². The van der Waals surface area contributed by atoms with Gasteiger partial charge in [-0.25, -0.2) is 4.79 Å². The van der Waals surface area contributed by atoms with Crippen molar-refractivity contribution in [2.24, 2.45) is 4.99 Å². The van der Waals surface area contributed by atoms with Crippen molar-refractivity contribution in [3.63, 3.8) is 0 Å². The number of carbonyl (C=O) groups excluding carboxylic acids is 1. The van der Waals surface area contributed by atoms with Crippen LogP contribution < -0.4 is 0 Å². The molecule has 0 aliphatic carbocycles. The number of nitrogens with zero attached hydrogens (tertiary/aromatic N) is 1. The normalized spacial score (nSPS) is 7.57. The minimum Gasteiger partial charge on any atom is -0.393 e. The molecule has 0 heterocycles. The van der Waals surface area contributed by atoms with Crippen LogP contribution in [-0.2, 0) is 7.86 Å². The third-order valence-electron chi connectivity index (χ3n) is 0.327. The van der Waals surface area contributed by atoms with Crippen LogP contribution in [0.4, 0.5) is 0 Å². The van der Waals surface area contributed by atoms with Gasteiger partial charge in [-0.1, -0.05) is 0 Å². The lowest BCUT2D eigenvalue weighted by molar-refractivity contribution is -0.129. The maximum Gasteiger partial charge on any atom is 0.337 e. The number of halogens is 1. The first-order valence-corrected chi connectivity index (χ1v) is 2.43. The zero-order valence-electron chi connectivity index (χ0n) is 3.56. The molecule has 3 nitrogen and oxygen atoms in total. The standard InChI is InChI=1S/C3H4INO2/c1-5-2-3(6)7-4/h1-2H2. The fourth-order valence-corrected chi connectivity index (χ4v) is 0.255. The first-order chi connectivity index (χ1) is 3.31. The van der Waals surface area contributed by atoms with Crippen molar-refractivity contribution < 1.29 is 7.86 Å². The lowest BCUT2D eigenvalue weighted by Gasteiger charge is -1.84. The van der Waals surface area contributed by atoms with Crippen molar-refractivity contribution in [3.8, 4) is 0 Å². The Hall–Kier alpha value is -0.130. The Balaban J connectivity index is 3.17. The van der Waals surface area contributed by atoms with Gasteiger partial charge in [-0.15, -0.1) is 0 Å². The smallest absolute Gasteiger partial charge is 0.337 e. The van der Waals surface area contributed by atoms with E-state index in [1.807, 2.05) is 0 Å². The van der Waals surface area contributed by atoms with E-state index in [2.05, 4.69) is 14.8 Å². The van der Waals surface area contributed by atoms with E-state index in [1.54, 1.807) is 0 Å². The van der Waals surface area contributed by atoms with Crippen molar-refractivity contribution in [1.82, 2.24) is 0 Å². The molecule has 0 rings (SSSR count). The van der Waals surface area contributed by atoms with E-state index >= 15 is 0 Å². The Morgan fingerprint density at radius 1 is 2.00 bits per heavy atom. The Kier molecular flexibility index (Phi) is 3.97. The summed E-state index contributed by atoms with van der Waals surface area (Å²) in [5, 5.41) is 0. The summed E-state index contributed by atoms with van der Waals surface area (Å²) in [5.41, 5.74) is 0. The van der Waals surface area contributed by atoms with Gasteiger partial charge in [0.1, 0.15) is 6.54 Å². The lowest BCUT2D eigenvalue weighted by atomic mass is 10.7. The van der Waals surface area contributed by atoms with E-state index in [9.17, 15) is 4.79 Å². The molecule has 0 atom stereocenters. The van der Waals surface area contributed by atoms with Crippen LogP contribution in [0.25, 0.3) is 0 Å². The van der Waals surface area contributed by atoms with Gasteiger partial charge in [-0.3, -0.25) is 4.99 Å². The van der Waals surface area contributed by atoms with Crippen molar-refractivity contribution in [1.29, 1.82) is 0 Å². The first-order valence-electron chi connectivity index (χ1n) is 1.55. The molecule has 0 aliphatic rings. The summed E-state index contributed by atoms with van der Waals surface area (Å²) in [6.45, 7) is 3.14. The van der Waals surface area contributed by atoms with E-state index in [0.717, 1.165) is 0 Å². The van der Waals surface area contributed by atoms with Crippen LogP contribution in [-0.4, -0.2) is 19.2 Å². The van der Waals surface area contributed by atoms with Gasteiger partial charge in [0.25, 0.3) is 0 Å². The number of carbonyl (C=O) groups is 1. The molecule has 0 saturated heterocycles. The number of hydrogen-bond acceptors (Lipinski definition) is 3. The Morgan fingerprint density at radius 3 is 2.71 bits per heavy atom. The summed E-state index contributed by atoms with van der Waals surface area (Å²) in [4.78, 5) is 13.3. The monoisotopic (exact) mass is 213 g/mol. The third-order valence-corrected chi connectivity index (χ3v) is 0.818. The average Bonchev–Trinajstić information content (AvgIpc) is 1.68. The highest BCUT2D eigenvalue weighted by molar-refractivity contribution is 14.1. The van der Waals surface area contributed by atoms with E-state index in [-0.39, 0.29) is 12.5 Å². The molecule has 0 bridgehead atoms. The summed E-state index contributed by atoms with van der Waals surface area (Å²) in [6, 6.07) is 0. The number of aliphatic imine (C=N–C) groups is 1. The fourth-order valence-electron chi connectivity index (χ4n) is 0.116. The van der Waals surface area contributed by atoms with E-state index in [4.69, 9.17) is 0 Å². The first kappa shape index (κ1) is 6.87. The molecule has 4 heteroatoms. The molecule has 40 valence electrons. The molecule has 0 unspecified atom stereocenters. The van der Waals surface area contributed by atoms with Gasteiger partial charge in [0.15, 0.2) is 23.0 Å². The lowest BCUT2D eigenvalue weighted by Crippen LogP contribution is -1.99. The molecule has 0 amide bonds. The van der Waals surface area contributed by atoms with Crippen LogP contribution in [0.15, 0.2) is 4.99 Å². The fraction of sp³-hybridized carbons (Fsp3) is 0.333. The van der Waals surface area contributed by atoms with Crippen molar-refractivity contribution >= 4 is 35.7 Å². The summed E-state index contributed by atoms with van der Waals surface area (Å²) in [6.07, 6.45) is 0. The van der Waals surface area contributed by atoms with E-state index in [0.29, 0.717) is 0 Å². The van der Waals surface area contributed by atoms with Crippen molar-refractivity contribution in [2.45, 2.75) is 0 Å². The zero-order valence-corrected chi connectivity index (χ0v) is 5.71. The highest BCUT2D eigenvalue weighted by atomic mass is 127. The summed E-state index contributed by atoms with van der Waals surface area (Å²) in [7, 11) is 0. The van der Waals surface area contributed by atoms with Gasteiger partial charge in [0.05, 0.1) is 0 Å². The second-order valence-corrected chi connectivity index (χ2v) is 1.27. The Bertz CT molecular complexity index is 83.0. The van der Waals surface area contributed by atoms with Crippen molar-refractivity contribution in [3.05, 3.63) is 0 Å². The maximum absolute atomic E-state index is 10.0. The van der Waals surface area contributed by atoms with Crippen LogP contribution in [0.5, 0.6) is 0 Å². The molecule has 0 fully saturated rings. The highest BCUT2D eigenvalue weighted by Gasteiger charge is 1.93. The molecular weight excluding hydrogens is 209 g/mol. The molecule has 0 aromatic heterocycles. The molecule has 0 N–H and O–H groups in total. The van der Waals surface area contributed by atoms with Crippen LogP contribution in [0.3, 0.4) is 0 Å². The van der Waals surface area contributed by atoms with E-state index < -0.39 is 0 Å². The number of hydrogen-bond donors (Lipinski definition) is 0. The zero-order chi connectivity index (χ0) is 5.70.